The van der Waals surface area contributed by atoms with Crippen molar-refractivity contribution in [2.75, 3.05) is 0 Å². The van der Waals surface area contributed by atoms with Crippen molar-refractivity contribution >= 4 is 44.2 Å². The fourth-order valence-corrected chi connectivity index (χ4v) is 0. The molecule has 0 saturated heterocycles. The van der Waals surface area contributed by atoms with E-state index in [-0.39, 0.29) is 47.1 Å². The molecule has 0 amide bonds. The molecule has 0 radical (unpaired) electrons. The van der Waals surface area contributed by atoms with Crippen LogP contribution in [-0.2, 0) is 9.68 Å². The minimum absolute atomic E-state index is 0. The van der Waals surface area contributed by atoms with Crippen LogP contribution in [0.1, 0.15) is 2.85 Å². The zero-order chi connectivity index (χ0) is 3.41. The van der Waals surface area contributed by atoms with Crippen molar-refractivity contribution in [3.05, 3.63) is 0 Å². The molecule has 0 bridgehead atoms. The molecule has 0 rings (SSSR count). The summed E-state index contributed by atoms with van der Waals surface area (Å²) in [5.74, 6) is 0. The first-order valence-electron chi connectivity index (χ1n) is 0.654. The van der Waals surface area contributed by atoms with Gasteiger partial charge >= 0.3 is 44.2 Å². The topological polar surface area (TPSA) is 46.5 Å². The van der Waals surface area contributed by atoms with Crippen molar-refractivity contribution in [2.45, 2.75) is 0 Å². The van der Waals surface area contributed by atoms with Gasteiger partial charge in [-0.15, -0.1) is 0 Å². The Labute approximate surface area is 61.8 Å². The maximum absolute atomic E-state index is 8.70. The monoisotopic (exact) mass is 104 g/mol. The Balaban J connectivity index is -0.0000000150. The average molecular weight is 104 g/mol. The molecule has 0 saturated carbocycles. The third-order valence-electron chi connectivity index (χ3n) is 0.0430. The second-order valence-electron chi connectivity index (χ2n) is 0.202. The van der Waals surface area contributed by atoms with E-state index in [4.69, 9.17) is 10.1 Å². The molecule has 0 aliphatic rings. The fourth-order valence-electron chi connectivity index (χ4n) is 0. The Morgan fingerprint density at radius 3 is 2.20 bits per heavy atom. The quantitative estimate of drug-likeness (QED) is 0.211. The van der Waals surface area contributed by atoms with Crippen molar-refractivity contribution in [3.63, 3.8) is 0 Å². The van der Waals surface area contributed by atoms with Crippen LogP contribution in [0, 0.1) is 0 Å². The molecule has 0 unspecified atom stereocenters. The molecule has 1 N–H and O–H groups in total. The SMILES string of the molecule is O=COO.[Ca+2].[H-].[H-]. The number of hydrogen-bond donors (Lipinski definition) is 1. The molecule has 0 fully saturated rings. The first-order chi connectivity index (χ1) is 1.91. The van der Waals surface area contributed by atoms with Crippen molar-refractivity contribution in [1.82, 2.24) is 0 Å². The Kier molecular flexibility index (Phi) is 16.2. The van der Waals surface area contributed by atoms with Gasteiger partial charge in [-0.1, -0.05) is 0 Å². The molecule has 28 valence electrons. The Bertz CT molecular complexity index is 26.9. The van der Waals surface area contributed by atoms with Crippen molar-refractivity contribution in [2.24, 2.45) is 0 Å². The maximum atomic E-state index is 8.70. The van der Waals surface area contributed by atoms with Gasteiger partial charge in [0.25, 0.3) is 0 Å². The Morgan fingerprint density at radius 2 is 2.20 bits per heavy atom. The van der Waals surface area contributed by atoms with Crippen molar-refractivity contribution in [1.29, 1.82) is 0 Å². The van der Waals surface area contributed by atoms with Gasteiger partial charge in [0.1, 0.15) is 0 Å². The van der Waals surface area contributed by atoms with E-state index in [1.54, 1.807) is 0 Å². The zero-order valence-corrected chi connectivity index (χ0v) is 4.76. The minimum Gasteiger partial charge on any atom is -1.00 e. The summed E-state index contributed by atoms with van der Waals surface area (Å²) < 4.78 is 0. The van der Waals surface area contributed by atoms with Gasteiger partial charge in [0.05, 0.1) is 0 Å². The third kappa shape index (κ3) is 11.9. The van der Waals surface area contributed by atoms with E-state index in [2.05, 4.69) is 4.89 Å². The third-order valence-corrected chi connectivity index (χ3v) is 0.0430. The Hall–Kier alpha value is 0.690. The average Bonchev–Trinajstić information content (AvgIpc) is 1.37. The number of hydrogen-bond acceptors (Lipinski definition) is 3. The van der Waals surface area contributed by atoms with E-state index in [9.17, 15) is 0 Å². The van der Waals surface area contributed by atoms with E-state index < -0.39 is 0 Å². The van der Waals surface area contributed by atoms with Crippen LogP contribution in [0.2, 0.25) is 0 Å². The Morgan fingerprint density at radius 1 is 2.00 bits per heavy atom. The van der Waals surface area contributed by atoms with Crippen LogP contribution in [0.15, 0.2) is 0 Å². The largest absolute Gasteiger partial charge is 2.00 e. The van der Waals surface area contributed by atoms with E-state index in [1.807, 2.05) is 0 Å². The summed E-state index contributed by atoms with van der Waals surface area (Å²) in [6.45, 7) is -0.0694. The van der Waals surface area contributed by atoms with Crippen LogP contribution >= 0.6 is 0 Å². The molecule has 0 aromatic carbocycles. The summed E-state index contributed by atoms with van der Waals surface area (Å²) in [6.07, 6.45) is 0. The van der Waals surface area contributed by atoms with Gasteiger partial charge in [0, 0.05) is 0 Å². The molecule has 0 aromatic heterocycles. The summed E-state index contributed by atoms with van der Waals surface area (Å²) >= 11 is 0. The maximum Gasteiger partial charge on any atom is 2.00 e. The summed E-state index contributed by atoms with van der Waals surface area (Å²) in [7, 11) is 0. The first-order valence-corrected chi connectivity index (χ1v) is 0.654. The van der Waals surface area contributed by atoms with Crippen LogP contribution in [0.3, 0.4) is 0 Å². The summed E-state index contributed by atoms with van der Waals surface area (Å²) in [4.78, 5) is 11.6. The zero-order valence-electron chi connectivity index (χ0n) is 4.55. The molecule has 0 aromatic rings. The molecular formula is CH4CaO3. The summed E-state index contributed by atoms with van der Waals surface area (Å²) in [5.41, 5.74) is 0. The molecule has 0 atom stereocenters. The number of rotatable bonds is 1. The molecule has 3 nitrogen and oxygen atoms in total. The van der Waals surface area contributed by atoms with Gasteiger partial charge in [0.2, 0.25) is 0 Å². The number of carbonyl (C=O) groups is 1. The van der Waals surface area contributed by atoms with Gasteiger partial charge in [0.15, 0.2) is 0 Å². The van der Waals surface area contributed by atoms with E-state index in [0.29, 0.717) is 0 Å². The van der Waals surface area contributed by atoms with Crippen LogP contribution in [0.4, 0.5) is 0 Å². The fraction of sp³-hybridized carbons (Fsp3) is 0. The van der Waals surface area contributed by atoms with Crippen molar-refractivity contribution < 1.29 is 17.8 Å². The smallest absolute Gasteiger partial charge is 1.00 e. The van der Waals surface area contributed by atoms with Crippen molar-refractivity contribution in [3.8, 4) is 0 Å². The second-order valence-corrected chi connectivity index (χ2v) is 0.202. The first kappa shape index (κ1) is 9.19. The molecule has 4 heteroatoms. The van der Waals surface area contributed by atoms with Crippen LogP contribution in [-0.4, -0.2) is 49.5 Å². The molecule has 0 aliphatic carbocycles. The van der Waals surface area contributed by atoms with Gasteiger partial charge < -0.3 is 7.74 Å². The minimum atomic E-state index is -0.0694. The predicted octanol–water partition coefficient (Wildman–Crippen LogP) is -0.523. The number of carbonyl (C=O) groups excluding carboxylic acids is 1. The molecular weight excluding hydrogens is 100 g/mol. The molecule has 0 aliphatic heterocycles. The van der Waals surface area contributed by atoms with Gasteiger partial charge in [-0.05, 0) is 0 Å². The molecule has 0 spiro atoms. The normalized spacial score (nSPS) is 4.20. The van der Waals surface area contributed by atoms with Gasteiger partial charge in [-0.2, -0.15) is 0 Å². The van der Waals surface area contributed by atoms with Crippen LogP contribution in [0.5, 0.6) is 0 Å². The van der Waals surface area contributed by atoms with Gasteiger partial charge in [-0.25, -0.2) is 5.26 Å². The molecule has 0 heterocycles. The second kappa shape index (κ2) is 8.83. The predicted molar refractivity (Wildman–Crippen MR) is 17.8 cm³/mol. The summed E-state index contributed by atoms with van der Waals surface area (Å²) in [5, 5.41) is 7.01. The van der Waals surface area contributed by atoms with Crippen LogP contribution < -0.4 is 0 Å². The van der Waals surface area contributed by atoms with E-state index in [1.165, 1.54) is 0 Å². The van der Waals surface area contributed by atoms with E-state index in [0.717, 1.165) is 0 Å². The van der Waals surface area contributed by atoms with Gasteiger partial charge in [-0.3, -0.25) is 4.79 Å². The van der Waals surface area contributed by atoms with Crippen LogP contribution in [0.25, 0.3) is 0 Å². The van der Waals surface area contributed by atoms with E-state index >= 15 is 0 Å². The summed E-state index contributed by atoms with van der Waals surface area (Å²) in [6, 6.07) is 0. The standard InChI is InChI=1S/CH2O3.Ca.2H/c2-1-4-3;;;/h1,3H;;;/q;+2;2*-1. The molecule has 5 heavy (non-hydrogen) atoms.